The van der Waals surface area contributed by atoms with Crippen LogP contribution in [0, 0.1) is 5.92 Å². The fourth-order valence-electron chi connectivity index (χ4n) is 5.65. The van der Waals surface area contributed by atoms with E-state index in [1.54, 1.807) is 0 Å². The monoisotopic (exact) mass is 437 g/mol. The van der Waals surface area contributed by atoms with E-state index < -0.39 is 0 Å². The summed E-state index contributed by atoms with van der Waals surface area (Å²) in [5.41, 5.74) is 8.62. The molecule has 0 N–H and O–H groups in total. The Morgan fingerprint density at radius 2 is 1.91 bits per heavy atom. The lowest BCUT2D eigenvalue weighted by Crippen LogP contribution is -2.30. The highest BCUT2D eigenvalue weighted by molar-refractivity contribution is 5.88. The number of benzene rings is 1. The first-order valence-corrected chi connectivity index (χ1v) is 12.3. The van der Waals surface area contributed by atoms with E-state index in [0.29, 0.717) is 25.0 Å². The molecule has 3 heterocycles. The molecule has 6 heteroatoms. The average molecular weight is 438 g/mol. The highest BCUT2D eigenvalue weighted by atomic mass is 16.2. The molecule has 1 aliphatic heterocycles. The van der Waals surface area contributed by atoms with Crippen LogP contribution in [-0.2, 0) is 11.2 Å². The zero-order valence-corrected chi connectivity index (χ0v) is 18.7. The molecule has 2 fully saturated rings. The summed E-state index contributed by atoms with van der Waals surface area (Å²) in [4.78, 5) is 28.9. The Hall–Kier alpha value is -3.28. The van der Waals surface area contributed by atoms with Gasteiger partial charge >= 0.3 is 0 Å². The Balaban J connectivity index is 1.20. The molecule has 2 saturated carbocycles. The van der Waals surface area contributed by atoms with Crippen molar-refractivity contribution in [2.75, 3.05) is 13.1 Å². The largest absolute Gasteiger partial charge is 0.334 e. The van der Waals surface area contributed by atoms with Gasteiger partial charge in [-0.15, -0.1) is 0 Å². The third-order valence-electron chi connectivity index (χ3n) is 7.69. The molecular formula is C27H27N5O. The van der Waals surface area contributed by atoms with Crippen LogP contribution < -0.4 is 0 Å². The summed E-state index contributed by atoms with van der Waals surface area (Å²) in [6.07, 6.45) is 16.3. The summed E-state index contributed by atoms with van der Waals surface area (Å²) < 4.78 is 2.37. The minimum absolute atomic E-state index is 0.256. The van der Waals surface area contributed by atoms with E-state index in [2.05, 4.69) is 39.9 Å². The topological polar surface area (TPSA) is 63.9 Å². The van der Waals surface area contributed by atoms with Crippen molar-refractivity contribution in [3.05, 3.63) is 65.5 Å². The summed E-state index contributed by atoms with van der Waals surface area (Å²) in [6, 6.07) is 7.14. The standard InChI is InChI=1S/C27H27N5O/c33-27(17-5-6-17)31-12-11-19(15-31)24-14-28-23-10-8-21(26(23)30-24)18-7-9-22-25(13-18)32(16-29-22)20-3-1-2-4-20/h7-9,11,13-14,16-17,20H,1-6,10,12,15H2. The van der Waals surface area contributed by atoms with Gasteiger partial charge in [-0.05, 0) is 49.0 Å². The second-order valence-corrected chi connectivity index (χ2v) is 9.89. The minimum atomic E-state index is 0.256. The first kappa shape index (κ1) is 19.2. The van der Waals surface area contributed by atoms with E-state index in [-0.39, 0.29) is 5.92 Å². The molecule has 0 spiro atoms. The Morgan fingerprint density at radius 3 is 2.76 bits per heavy atom. The minimum Gasteiger partial charge on any atom is -0.334 e. The highest BCUT2D eigenvalue weighted by Crippen LogP contribution is 2.36. The van der Waals surface area contributed by atoms with Gasteiger partial charge in [0.05, 0.1) is 40.6 Å². The number of amides is 1. The molecule has 1 amide bonds. The predicted octanol–water partition coefficient (Wildman–Crippen LogP) is 4.56. The van der Waals surface area contributed by atoms with Crippen molar-refractivity contribution in [1.29, 1.82) is 0 Å². The second kappa shape index (κ2) is 7.37. The van der Waals surface area contributed by atoms with Gasteiger partial charge < -0.3 is 9.47 Å². The summed E-state index contributed by atoms with van der Waals surface area (Å²) >= 11 is 0. The summed E-state index contributed by atoms with van der Waals surface area (Å²) in [5.74, 6) is 0.550. The first-order chi connectivity index (χ1) is 16.2. The van der Waals surface area contributed by atoms with Gasteiger partial charge in [0.1, 0.15) is 0 Å². The summed E-state index contributed by atoms with van der Waals surface area (Å²) in [5, 5.41) is 0. The van der Waals surface area contributed by atoms with E-state index in [9.17, 15) is 4.79 Å². The molecule has 0 bridgehead atoms. The van der Waals surface area contributed by atoms with Gasteiger partial charge in [0, 0.05) is 37.0 Å². The van der Waals surface area contributed by atoms with Gasteiger partial charge in [0.25, 0.3) is 0 Å². The number of carbonyl (C=O) groups is 1. The van der Waals surface area contributed by atoms with Gasteiger partial charge in [-0.3, -0.25) is 9.78 Å². The maximum atomic E-state index is 12.5. The Labute approximate surface area is 193 Å². The van der Waals surface area contributed by atoms with Gasteiger partial charge in [0.2, 0.25) is 5.91 Å². The number of hydrogen-bond donors (Lipinski definition) is 0. The Bertz CT molecular complexity index is 1340. The van der Waals surface area contributed by atoms with E-state index in [1.807, 2.05) is 17.4 Å². The second-order valence-electron chi connectivity index (χ2n) is 9.89. The van der Waals surface area contributed by atoms with Crippen molar-refractivity contribution >= 4 is 28.1 Å². The van der Waals surface area contributed by atoms with Crippen LogP contribution in [0.3, 0.4) is 0 Å². The van der Waals surface area contributed by atoms with Gasteiger partial charge in [0.15, 0.2) is 0 Å². The smallest absolute Gasteiger partial charge is 0.226 e. The molecule has 7 rings (SSSR count). The number of imidazole rings is 1. The van der Waals surface area contributed by atoms with Crippen molar-refractivity contribution in [2.45, 2.75) is 51.0 Å². The molecule has 6 nitrogen and oxygen atoms in total. The van der Waals surface area contributed by atoms with Gasteiger partial charge in [-0.2, -0.15) is 0 Å². The zero-order chi connectivity index (χ0) is 21.9. The maximum absolute atomic E-state index is 12.5. The lowest BCUT2D eigenvalue weighted by molar-refractivity contribution is -0.131. The number of fused-ring (bicyclic) bond motifs is 2. The fourth-order valence-corrected chi connectivity index (χ4v) is 5.65. The number of carbonyl (C=O) groups excluding carboxylic acids is 1. The number of aromatic nitrogens is 4. The van der Waals surface area contributed by atoms with Crippen molar-refractivity contribution in [3.63, 3.8) is 0 Å². The molecule has 166 valence electrons. The molecule has 0 unspecified atom stereocenters. The summed E-state index contributed by atoms with van der Waals surface area (Å²) in [7, 11) is 0. The third-order valence-corrected chi connectivity index (χ3v) is 7.69. The van der Waals surface area contributed by atoms with Crippen molar-refractivity contribution in [1.82, 2.24) is 24.4 Å². The molecule has 33 heavy (non-hydrogen) atoms. The van der Waals surface area contributed by atoms with Crippen LogP contribution in [0.15, 0.2) is 42.9 Å². The van der Waals surface area contributed by atoms with Crippen LogP contribution in [0.2, 0.25) is 0 Å². The molecule has 3 aromatic rings. The fraction of sp³-hybridized carbons (Fsp3) is 0.407. The number of hydrogen-bond acceptors (Lipinski definition) is 4. The summed E-state index contributed by atoms with van der Waals surface area (Å²) in [6.45, 7) is 1.34. The van der Waals surface area contributed by atoms with E-state index in [4.69, 9.17) is 9.97 Å². The van der Waals surface area contributed by atoms with Gasteiger partial charge in [-0.25, -0.2) is 9.97 Å². The third kappa shape index (κ3) is 3.23. The van der Waals surface area contributed by atoms with E-state index >= 15 is 0 Å². The number of rotatable bonds is 4. The first-order valence-electron chi connectivity index (χ1n) is 12.3. The van der Waals surface area contributed by atoms with Crippen molar-refractivity contribution < 1.29 is 4.79 Å². The molecule has 0 radical (unpaired) electrons. The van der Waals surface area contributed by atoms with Crippen LogP contribution in [0.1, 0.15) is 67.2 Å². The van der Waals surface area contributed by atoms with Crippen LogP contribution in [0.5, 0.6) is 0 Å². The maximum Gasteiger partial charge on any atom is 0.226 e. The zero-order valence-electron chi connectivity index (χ0n) is 18.7. The number of allylic oxidation sites excluding steroid dienone is 1. The van der Waals surface area contributed by atoms with Crippen LogP contribution in [0.25, 0.3) is 22.2 Å². The van der Waals surface area contributed by atoms with Crippen molar-refractivity contribution in [2.24, 2.45) is 5.92 Å². The Morgan fingerprint density at radius 1 is 1.03 bits per heavy atom. The SMILES string of the molecule is O=C(C1CC1)N1CC=C(c2cnc3c(n2)C(c2ccc4ncn(C5CCCC5)c4c2)=CC3)C1. The Kier molecular flexibility index (Phi) is 4.29. The van der Waals surface area contributed by atoms with Crippen LogP contribution in [0.4, 0.5) is 0 Å². The molecule has 0 saturated heterocycles. The van der Waals surface area contributed by atoms with Crippen LogP contribution >= 0.6 is 0 Å². The van der Waals surface area contributed by atoms with Crippen molar-refractivity contribution in [3.8, 4) is 0 Å². The predicted molar refractivity (Wildman–Crippen MR) is 127 cm³/mol. The molecule has 3 aliphatic carbocycles. The van der Waals surface area contributed by atoms with Crippen LogP contribution in [-0.4, -0.2) is 43.4 Å². The highest BCUT2D eigenvalue weighted by Gasteiger charge is 2.35. The molecular weight excluding hydrogens is 410 g/mol. The molecule has 2 aromatic heterocycles. The average Bonchev–Trinajstić information content (AvgIpc) is 3.29. The lowest BCUT2D eigenvalue weighted by atomic mass is 10.0. The molecule has 0 atom stereocenters. The van der Waals surface area contributed by atoms with E-state index in [1.165, 1.54) is 36.8 Å². The molecule has 1 aromatic carbocycles. The lowest BCUT2D eigenvalue weighted by Gasteiger charge is -2.16. The number of nitrogens with zero attached hydrogens (tertiary/aromatic N) is 5. The molecule has 4 aliphatic rings. The quantitative estimate of drug-likeness (QED) is 0.600. The van der Waals surface area contributed by atoms with Gasteiger partial charge in [-0.1, -0.05) is 31.1 Å². The normalized spacial score (nSPS) is 20.4. The van der Waals surface area contributed by atoms with E-state index in [0.717, 1.165) is 53.0 Å².